The summed E-state index contributed by atoms with van der Waals surface area (Å²) in [6.07, 6.45) is 5.59. The van der Waals surface area contributed by atoms with Crippen LogP contribution in [-0.2, 0) is 4.74 Å². The summed E-state index contributed by atoms with van der Waals surface area (Å²) >= 11 is 7.71. The molecular formula is C10H19ClN2OSSi. The molecule has 0 spiro atoms. The first-order chi connectivity index (χ1) is 7.42. The molecule has 1 heterocycles. The second-order valence-corrected chi connectivity index (χ2v) is 11.7. The van der Waals surface area contributed by atoms with Crippen molar-refractivity contribution in [3.63, 3.8) is 0 Å². The number of nitrogens with zero attached hydrogens (tertiary/aromatic N) is 2. The Hall–Kier alpha value is 0.0269. The van der Waals surface area contributed by atoms with E-state index in [4.69, 9.17) is 16.3 Å². The number of halogens is 1. The summed E-state index contributed by atoms with van der Waals surface area (Å²) in [4.78, 5) is 4.18. The number of aromatic nitrogens is 2. The van der Waals surface area contributed by atoms with Crippen LogP contribution in [0, 0.1) is 0 Å². The molecule has 0 amide bonds. The van der Waals surface area contributed by atoms with Crippen molar-refractivity contribution in [3.8, 4) is 0 Å². The average molecular weight is 279 g/mol. The van der Waals surface area contributed by atoms with Gasteiger partial charge in [0.1, 0.15) is 5.03 Å². The average Bonchev–Trinajstić information content (AvgIpc) is 2.63. The topological polar surface area (TPSA) is 27.1 Å². The van der Waals surface area contributed by atoms with E-state index in [0.29, 0.717) is 0 Å². The summed E-state index contributed by atoms with van der Waals surface area (Å²) < 4.78 is 7.37. The number of alkyl halides is 1. The molecule has 92 valence electrons. The quantitative estimate of drug-likeness (QED) is 0.451. The first-order valence-electron chi connectivity index (χ1n) is 5.25. The molecule has 0 saturated heterocycles. The maximum atomic E-state index is 6.11. The van der Waals surface area contributed by atoms with Gasteiger partial charge in [0.2, 0.25) is 5.69 Å². The summed E-state index contributed by atoms with van der Waals surface area (Å²) in [7, 11) is -1.04. The lowest BCUT2D eigenvalue weighted by molar-refractivity contribution is 0.0722. The largest absolute Gasteiger partial charge is 0.345 e. The predicted octanol–water partition coefficient (Wildman–Crippen LogP) is 3.65. The maximum Gasteiger partial charge on any atom is 0.212 e. The van der Waals surface area contributed by atoms with Gasteiger partial charge < -0.3 is 4.74 Å². The van der Waals surface area contributed by atoms with E-state index in [-0.39, 0.29) is 0 Å². The third-order valence-corrected chi connectivity index (χ3v) is 4.81. The van der Waals surface area contributed by atoms with Crippen LogP contribution < -0.4 is 0 Å². The molecule has 0 aromatic carbocycles. The molecule has 6 heteroatoms. The zero-order valence-corrected chi connectivity index (χ0v) is 12.8. The summed E-state index contributed by atoms with van der Waals surface area (Å²) in [5, 5.41) is 0.958. The van der Waals surface area contributed by atoms with Gasteiger partial charge in [-0.3, -0.25) is 4.57 Å². The number of ether oxygens (including phenoxy) is 1. The lowest BCUT2D eigenvalue weighted by Gasteiger charge is -2.17. The van der Waals surface area contributed by atoms with Crippen LogP contribution in [-0.4, -0.2) is 30.5 Å². The third kappa shape index (κ3) is 4.91. The molecule has 1 aromatic rings. The van der Waals surface area contributed by atoms with Gasteiger partial charge in [-0.2, -0.15) is 0 Å². The van der Waals surface area contributed by atoms with E-state index in [1.807, 2.05) is 12.5 Å². The fourth-order valence-electron chi connectivity index (χ4n) is 1.08. The lowest BCUT2D eigenvalue weighted by atomic mass is 10.8. The van der Waals surface area contributed by atoms with E-state index in [2.05, 4.69) is 24.6 Å². The second-order valence-electron chi connectivity index (χ2n) is 4.84. The number of thioether (sulfide) groups is 1. The molecule has 0 aliphatic rings. The van der Waals surface area contributed by atoms with Gasteiger partial charge in [-0.25, -0.2) is 4.98 Å². The van der Waals surface area contributed by atoms with E-state index < -0.39 is 13.8 Å². The molecule has 1 atom stereocenters. The summed E-state index contributed by atoms with van der Waals surface area (Å²) in [6, 6.07) is 1.13. The molecule has 0 aliphatic carbocycles. The highest BCUT2D eigenvalue weighted by Gasteiger charge is 2.14. The first-order valence-corrected chi connectivity index (χ1v) is 10.6. The predicted molar refractivity (Wildman–Crippen MR) is 73.0 cm³/mol. The molecule has 0 saturated carbocycles. The zero-order valence-electron chi connectivity index (χ0n) is 10.2. The van der Waals surface area contributed by atoms with E-state index in [9.17, 15) is 0 Å². The van der Waals surface area contributed by atoms with Crippen LogP contribution in [0.1, 0.15) is 5.69 Å². The molecule has 3 nitrogen and oxygen atoms in total. The number of rotatable bonds is 6. The molecule has 1 rings (SSSR count). The summed E-state index contributed by atoms with van der Waals surface area (Å²) in [5.74, 6) is 0. The van der Waals surface area contributed by atoms with Crippen LogP contribution in [0.3, 0.4) is 0 Å². The minimum atomic E-state index is -1.04. The van der Waals surface area contributed by atoms with Crippen molar-refractivity contribution in [1.82, 2.24) is 9.55 Å². The Kier molecular flexibility index (Phi) is 5.37. The van der Waals surface area contributed by atoms with E-state index in [1.54, 1.807) is 22.7 Å². The van der Waals surface area contributed by atoms with Crippen molar-refractivity contribution in [2.24, 2.45) is 0 Å². The highest BCUT2D eigenvalue weighted by Crippen LogP contribution is 2.19. The van der Waals surface area contributed by atoms with Gasteiger partial charge in [-0.1, -0.05) is 31.2 Å². The fourth-order valence-corrected chi connectivity index (χ4v) is 2.39. The van der Waals surface area contributed by atoms with Gasteiger partial charge in [0.25, 0.3) is 0 Å². The molecule has 0 N–H and O–H groups in total. The van der Waals surface area contributed by atoms with Crippen LogP contribution in [0.5, 0.6) is 0 Å². The molecule has 1 unspecified atom stereocenters. The fraction of sp³-hybridized carbons (Fsp3) is 0.700. The minimum absolute atomic E-state index is 0.440. The molecular weight excluding hydrogens is 260 g/mol. The molecule has 0 bridgehead atoms. The SMILES string of the molecule is CSc1cn(C(Cl)OCC[Si](C)(C)C)cn1. The standard InChI is InChI=1S/C10H19ClN2OSSi/c1-15-9-7-13(8-12-9)10(11)14-5-6-16(2,3)4/h7-8,10H,5-6H2,1-4H3. The lowest BCUT2D eigenvalue weighted by Crippen LogP contribution is -2.22. The molecule has 1 aromatic heterocycles. The Balaban J connectivity index is 2.37. The Morgan fingerprint density at radius 2 is 2.25 bits per heavy atom. The molecule has 16 heavy (non-hydrogen) atoms. The van der Waals surface area contributed by atoms with Crippen LogP contribution >= 0.6 is 23.4 Å². The van der Waals surface area contributed by atoms with E-state index in [1.165, 1.54) is 0 Å². The van der Waals surface area contributed by atoms with Crippen LogP contribution in [0.15, 0.2) is 17.6 Å². The van der Waals surface area contributed by atoms with Gasteiger partial charge in [0.15, 0.2) is 0 Å². The van der Waals surface area contributed by atoms with Gasteiger partial charge in [-0.05, 0) is 12.3 Å². The van der Waals surface area contributed by atoms with Crippen molar-refractivity contribution in [3.05, 3.63) is 12.5 Å². The Labute approximate surface area is 108 Å². The molecule has 0 fully saturated rings. The molecule has 0 aliphatic heterocycles. The summed E-state index contributed by atoms with van der Waals surface area (Å²) in [6.45, 7) is 7.69. The minimum Gasteiger partial charge on any atom is -0.345 e. The van der Waals surface area contributed by atoms with Crippen molar-refractivity contribution >= 4 is 31.4 Å². The van der Waals surface area contributed by atoms with Crippen molar-refractivity contribution < 1.29 is 4.74 Å². The number of hydrogen-bond acceptors (Lipinski definition) is 3. The highest BCUT2D eigenvalue weighted by atomic mass is 35.5. The molecule has 0 radical (unpaired) electrons. The van der Waals surface area contributed by atoms with Crippen molar-refractivity contribution in [1.29, 1.82) is 0 Å². The Morgan fingerprint density at radius 1 is 1.56 bits per heavy atom. The Bertz CT molecular complexity index is 327. The third-order valence-electron chi connectivity index (χ3n) is 2.13. The smallest absolute Gasteiger partial charge is 0.212 e. The van der Waals surface area contributed by atoms with E-state index in [0.717, 1.165) is 17.7 Å². The van der Waals surface area contributed by atoms with Gasteiger partial charge >= 0.3 is 0 Å². The number of imidazole rings is 1. The van der Waals surface area contributed by atoms with Crippen LogP contribution in [0.25, 0.3) is 0 Å². The second kappa shape index (κ2) is 6.09. The van der Waals surface area contributed by atoms with Crippen molar-refractivity contribution in [2.75, 3.05) is 12.9 Å². The van der Waals surface area contributed by atoms with Gasteiger partial charge in [0, 0.05) is 20.9 Å². The van der Waals surface area contributed by atoms with Crippen LogP contribution in [0.4, 0.5) is 0 Å². The zero-order chi connectivity index (χ0) is 12.2. The number of hydrogen-bond donors (Lipinski definition) is 0. The van der Waals surface area contributed by atoms with Gasteiger partial charge in [0.05, 0.1) is 6.33 Å². The summed E-state index contributed by atoms with van der Waals surface area (Å²) in [5.41, 5.74) is -0.440. The normalized spacial score (nSPS) is 14.1. The van der Waals surface area contributed by atoms with Crippen LogP contribution in [0.2, 0.25) is 25.7 Å². The van der Waals surface area contributed by atoms with Crippen molar-refractivity contribution in [2.45, 2.75) is 36.4 Å². The van der Waals surface area contributed by atoms with Gasteiger partial charge in [-0.15, -0.1) is 11.8 Å². The Morgan fingerprint density at radius 3 is 2.75 bits per heavy atom. The highest BCUT2D eigenvalue weighted by molar-refractivity contribution is 7.98. The van der Waals surface area contributed by atoms with E-state index >= 15 is 0 Å². The maximum absolute atomic E-state index is 6.11. The monoisotopic (exact) mass is 278 g/mol. The first kappa shape index (κ1) is 14.1.